The van der Waals surface area contributed by atoms with Crippen molar-refractivity contribution < 1.29 is 22.6 Å². The first kappa shape index (κ1) is 19.5. The van der Waals surface area contributed by atoms with Crippen LogP contribution >= 0.6 is 0 Å². The Morgan fingerprint density at radius 3 is 2.26 bits per heavy atom. The van der Waals surface area contributed by atoms with Gasteiger partial charge in [0.15, 0.2) is 11.5 Å². The van der Waals surface area contributed by atoms with Gasteiger partial charge in [-0.05, 0) is 43.0 Å². The molecule has 0 atom stereocenters. The standard InChI is InChI=1S/C20H25NO5S/c1-24-19-9-8-18(14-20(19)25-2)27(22,23)21-12-10-16(11-13-21)15-26-17-6-4-3-5-7-17/h3-9,14,16H,10-13,15H2,1-2H3. The highest BCUT2D eigenvalue weighted by atomic mass is 32.2. The van der Waals surface area contributed by atoms with Crippen LogP contribution in [-0.2, 0) is 10.0 Å². The van der Waals surface area contributed by atoms with Gasteiger partial charge >= 0.3 is 0 Å². The molecule has 0 aromatic heterocycles. The number of hydrogen-bond acceptors (Lipinski definition) is 5. The van der Waals surface area contributed by atoms with Gasteiger partial charge in [0.1, 0.15) is 5.75 Å². The third-order valence-electron chi connectivity index (χ3n) is 4.80. The summed E-state index contributed by atoms with van der Waals surface area (Å²) in [5.74, 6) is 2.11. The summed E-state index contributed by atoms with van der Waals surface area (Å²) in [5, 5.41) is 0. The van der Waals surface area contributed by atoms with E-state index in [0.29, 0.717) is 37.1 Å². The van der Waals surface area contributed by atoms with E-state index in [4.69, 9.17) is 14.2 Å². The summed E-state index contributed by atoms with van der Waals surface area (Å²) in [6, 6.07) is 14.4. The van der Waals surface area contributed by atoms with Crippen molar-refractivity contribution in [3.05, 3.63) is 48.5 Å². The highest BCUT2D eigenvalue weighted by Gasteiger charge is 2.30. The monoisotopic (exact) mass is 391 g/mol. The Morgan fingerprint density at radius 2 is 1.63 bits per heavy atom. The molecule has 0 aliphatic carbocycles. The largest absolute Gasteiger partial charge is 0.493 e. The zero-order valence-corrected chi connectivity index (χ0v) is 16.4. The zero-order valence-electron chi connectivity index (χ0n) is 15.6. The van der Waals surface area contributed by atoms with Crippen molar-refractivity contribution >= 4 is 10.0 Å². The van der Waals surface area contributed by atoms with Crippen molar-refractivity contribution in [2.45, 2.75) is 17.7 Å². The lowest BCUT2D eigenvalue weighted by molar-refractivity contribution is 0.185. The Labute approximate surface area is 160 Å². The van der Waals surface area contributed by atoms with Gasteiger partial charge in [0.25, 0.3) is 0 Å². The lowest BCUT2D eigenvalue weighted by Crippen LogP contribution is -2.39. The van der Waals surface area contributed by atoms with E-state index < -0.39 is 10.0 Å². The lowest BCUT2D eigenvalue weighted by atomic mass is 9.99. The van der Waals surface area contributed by atoms with E-state index >= 15 is 0 Å². The average Bonchev–Trinajstić information content (AvgIpc) is 2.72. The number of para-hydroxylation sites is 1. The minimum atomic E-state index is -3.55. The summed E-state index contributed by atoms with van der Waals surface area (Å²) < 4.78 is 43.6. The molecule has 0 saturated carbocycles. The van der Waals surface area contributed by atoms with E-state index in [1.807, 2.05) is 30.3 Å². The third kappa shape index (κ3) is 4.54. The molecule has 7 heteroatoms. The predicted octanol–water partition coefficient (Wildman–Crippen LogP) is 3.18. The fourth-order valence-corrected chi connectivity index (χ4v) is 4.66. The number of ether oxygens (including phenoxy) is 3. The van der Waals surface area contributed by atoms with Gasteiger partial charge in [0, 0.05) is 19.2 Å². The number of sulfonamides is 1. The molecule has 0 spiro atoms. The number of benzene rings is 2. The van der Waals surface area contributed by atoms with Crippen LogP contribution in [0.4, 0.5) is 0 Å². The first-order valence-corrected chi connectivity index (χ1v) is 10.4. The second-order valence-corrected chi connectivity index (χ2v) is 8.43. The molecule has 146 valence electrons. The molecule has 2 aromatic rings. The van der Waals surface area contributed by atoms with Crippen LogP contribution in [0.3, 0.4) is 0 Å². The number of hydrogen-bond donors (Lipinski definition) is 0. The molecule has 27 heavy (non-hydrogen) atoms. The predicted molar refractivity (Wildman–Crippen MR) is 103 cm³/mol. The summed E-state index contributed by atoms with van der Waals surface area (Å²) in [6.45, 7) is 1.58. The lowest BCUT2D eigenvalue weighted by Gasteiger charge is -2.31. The van der Waals surface area contributed by atoms with E-state index in [1.165, 1.54) is 24.6 Å². The van der Waals surface area contributed by atoms with Crippen LogP contribution < -0.4 is 14.2 Å². The summed E-state index contributed by atoms with van der Waals surface area (Å²) in [7, 11) is -0.538. The van der Waals surface area contributed by atoms with Gasteiger partial charge in [0.2, 0.25) is 10.0 Å². The van der Waals surface area contributed by atoms with Gasteiger partial charge in [-0.25, -0.2) is 8.42 Å². The average molecular weight is 391 g/mol. The van der Waals surface area contributed by atoms with Gasteiger partial charge in [-0.15, -0.1) is 0 Å². The van der Waals surface area contributed by atoms with Gasteiger partial charge in [0.05, 0.1) is 25.7 Å². The fraction of sp³-hybridized carbons (Fsp3) is 0.400. The first-order valence-electron chi connectivity index (χ1n) is 8.94. The van der Waals surface area contributed by atoms with Crippen LogP contribution in [0.15, 0.2) is 53.4 Å². The van der Waals surface area contributed by atoms with Crippen molar-refractivity contribution in [2.24, 2.45) is 5.92 Å². The van der Waals surface area contributed by atoms with Crippen molar-refractivity contribution in [3.8, 4) is 17.2 Å². The molecule has 0 unspecified atom stereocenters. The van der Waals surface area contributed by atoms with Crippen molar-refractivity contribution in [2.75, 3.05) is 33.9 Å². The maximum absolute atomic E-state index is 12.9. The molecule has 1 aliphatic heterocycles. The van der Waals surface area contributed by atoms with Gasteiger partial charge in [-0.2, -0.15) is 4.31 Å². The van der Waals surface area contributed by atoms with Crippen LogP contribution in [0.25, 0.3) is 0 Å². The van der Waals surface area contributed by atoms with Crippen LogP contribution in [0.5, 0.6) is 17.2 Å². The number of nitrogens with zero attached hydrogens (tertiary/aromatic N) is 1. The van der Waals surface area contributed by atoms with E-state index in [-0.39, 0.29) is 4.90 Å². The van der Waals surface area contributed by atoms with Crippen molar-refractivity contribution in [1.29, 1.82) is 0 Å². The maximum atomic E-state index is 12.9. The minimum Gasteiger partial charge on any atom is -0.493 e. The topological polar surface area (TPSA) is 65.1 Å². The molecular formula is C20H25NO5S. The highest BCUT2D eigenvalue weighted by Crippen LogP contribution is 2.32. The van der Waals surface area contributed by atoms with Gasteiger partial charge < -0.3 is 14.2 Å². The van der Waals surface area contributed by atoms with Crippen molar-refractivity contribution in [3.63, 3.8) is 0 Å². The smallest absolute Gasteiger partial charge is 0.243 e. The quantitative estimate of drug-likeness (QED) is 0.725. The Hall–Kier alpha value is -2.25. The fourth-order valence-electron chi connectivity index (χ4n) is 3.17. The van der Waals surface area contributed by atoms with E-state index in [2.05, 4.69) is 0 Å². The normalized spacial score (nSPS) is 16.1. The molecule has 0 radical (unpaired) electrons. The molecule has 6 nitrogen and oxygen atoms in total. The molecule has 1 fully saturated rings. The molecular weight excluding hydrogens is 366 g/mol. The minimum absolute atomic E-state index is 0.221. The molecule has 1 heterocycles. The molecule has 1 saturated heterocycles. The highest BCUT2D eigenvalue weighted by molar-refractivity contribution is 7.89. The van der Waals surface area contributed by atoms with Crippen LogP contribution in [-0.4, -0.2) is 46.6 Å². The Morgan fingerprint density at radius 1 is 0.963 bits per heavy atom. The molecule has 0 bridgehead atoms. The van der Waals surface area contributed by atoms with Crippen molar-refractivity contribution in [1.82, 2.24) is 4.31 Å². The summed E-state index contributed by atoms with van der Waals surface area (Å²) in [5.41, 5.74) is 0. The van der Waals surface area contributed by atoms with Crippen LogP contribution in [0.1, 0.15) is 12.8 Å². The second kappa shape index (κ2) is 8.63. The maximum Gasteiger partial charge on any atom is 0.243 e. The third-order valence-corrected chi connectivity index (χ3v) is 6.69. The number of methoxy groups -OCH3 is 2. The van der Waals surface area contributed by atoms with E-state index in [0.717, 1.165) is 18.6 Å². The summed E-state index contributed by atoms with van der Waals surface area (Å²) >= 11 is 0. The van der Waals surface area contributed by atoms with Crippen LogP contribution in [0.2, 0.25) is 0 Å². The molecule has 1 aliphatic rings. The molecule has 3 rings (SSSR count). The first-order chi connectivity index (χ1) is 13.0. The van der Waals surface area contributed by atoms with E-state index in [9.17, 15) is 8.42 Å². The molecule has 0 amide bonds. The molecule has 2 aromatic carbocycles. The zero-order chi connectivity index (χ0) is 19.3. The van der Waals surface area contributed by atoms with E-state index in [1.54, 1.807) is 12.1 Å². The van der Waals surface area contributed by atoms with Gasteiger partial charge in [-0.1, -0.05) is 18.2 Å². The Kier molecular flexibility index (Phi) is 6.23. The number of piperidine rings is 1. The summed E-state index contributed by atoms with van der Waals surface area (Å²) in [4.78, 5) is 0.221. The van der Waals surface area contributed by atoms with Gasteiger partial charge in [-0.3, -0.25) is 0 Å². The second-order valence-electron chi connectivity index (χ2n) is 6.49. The molecule has 0 N–H and O–H groups in total. The number of rotatable bonds is 7. The van der Waals surface area contributed by atoms with Crippen LogP contribution in [0, 0.1) is 5.92 Å². The Bertz CT molecular complexity index is 846. The SMILES string of the molecule is COc1ccc(S(=O)(=O)N2CCC(COc3ccccc3)CC2)cc1OC. The summed E-state index contributed by atoms with van der Waals surface area (Å²) in [6.07, 6.45) is 1.55. The Balaban J connectivity index is 1.61.